The molecular weight excluding hydrogens is 396 g/mol. The third-order valence-corrected chi connectivity index (χ3v) is 7.12. The van der Waals surface area contributed by atoms with Gasteiger partial charge in [-0.05, 0) is 69.8 Å². The zero-order valence-electron chi connectivity index (χ0n) is 18.0. The predicted molar refractivity (Wildman–Crippen MR) is 123 cm³/mol. The minimum atomic E-state index is -0.201. The lowest BCUT2D eigenvalue weighted by Gasteiger charge is -2.29. The molecule has 0 spiro atoms. The molecule has 0 atom stereocenters. The lowest BCUT2D eigenvalue weighted by Crippen LogP contribution is -2.33. The summed E-state index contributed by atoms with van der Waals surface area (Å²) in [7, 11) is 0. The highest BCUT2D eigenvalue weighted by molar-refractivity contribution is 7.20. The van der Waals surface area contributed by atoms with E-state index in [1.165, 1.54) is 24.2 Å². The van der Waals surface area contributed by atoms with E-state index in [-0.39, 0.29) is 11.5 Å². The zero-order valence-corrected chi connectivity index (χ0v) is 18.8. The van der Waals surface area contributed by atoms with Gasteiger partial charge in [-0.15, -0.1) is 11.3 Å². The summed E-state index contributed by atoms with van der Waals surface area (Å²) in [5, 5.41) is 3.50. The van der Waals surface area contributed by atoms with Crippen LogP contribution >= 0.6 is 11.3 Å². The van der Waals surface area contributed by atoms with E-state index < -0.39 is 0 Å². The van der Waals surface area contributed by atoms with Gasteiger partial charge in [-0.25, -0.2) is 4.98 Å². The molecule has 0 saturated carbocycles. The number of fused-ring (bicyclic) bond motifs is 1. The summed E-state index contributed by atoms with van der Waals surface area (Å²) < 4.78 is 0. The third kappa shape index (κ3) is 4.18. The van der Waals surface area contributed by atoms with Crippen molar-refractivity contribution < 1.29 is 4.79 Å². The normalized spacial score (nSPS) is 15.6. The summed E-state index contributed by atoms with van der Waals surface area (Å²) in [6.07, 6.45) is 2.35. The molecule has 1 amide bonds. The SMILES string of the molecule is Cc1ccc(NC(=O)c2sc3nc(CN4CCC(C)CC4)[nH]c(=O)c3c2C)c(C)c1. The number of piperidine rings is 1. The van der Waals surface area contributed by atoms with Gasteiger partial charge in [0.1, 0.15) is 10.7 Å². The fourth-order valence-electron chi connectivity index (χ4n) is 4.04. The molecule has 1 aromatic carbocycles. The van der Waals surface area contributed by atoms with Crippen LogP contribution in [0.15, 0.2) is 23.0 Å². The number of hydrogen-bond donors (Lipinski definition) is 2. The monoisotopic (exact) mass is 424 g/mol. The second-order valence-corrected chi connectivity index (χ2v) is 9.48. The van der Waals surface area contributed by atoms with E-state index in [4.69, 9.17) is 4.98 Å². The van der Waals surface area contributed by atoms with Crippen LogP contribution in [0.1, 0.15) is 52.0 Å². The van der Waals surface area contributed by atoms with Gasteiger partial charge in [0, 0.05) is 5.69 Å². The summed E-state index contributed by atoms with van der Waals surface area (Å²) in [5.41, 5.74) is 3.46. The molecular formula is C23H28N4O2S. The standard InChI is InChI=1S/C23H28N4O2S/c1-13-7-9-27(10-8-13)12-18-25-21(28)19-16(4)20(30-23(19)26-18)22(29)24-17-6-5-14(2)11-15(17)3/h5-6,11,13H,7-10,12H2,1-4H3,(H,24,29)(H,25,26,28). The van der Waals surface area contributed by atoms with Gasteiger partial charge < -0.3 is 10.3 Å². The maximum absolute atomic E-state index is 12.9. The van der Waals surface area contributed by atoms with Crippen LogP contribution in [0.25, 0.3) is 10.2 Å². The first-order valence-electron chi connectivity index (χ1n) is 10.4. The summed E-state index contributed by atoms with van der Waals surface area (Å²) in [5.74, 6) is 1.23. The number of anilines is 1. The van der Waals surface area contributed by atoms with Crippen LogP contribution in [0, 0.1) is 26.7 Å². The molecule has 1 aliphatic heterocycles. The maximum Gasteiger partial charge on any atom is 0.266 e. The van der Waals surface area contributed by atoms with Crippen molar-refractivity contribution in [3.63, 3.8) is 0 Å². The fraction of sp³-hybridized carbons (Fsp3) is 0.435. The van der Waals surface area contributed by atoms with Crippen molar-refractivity contribution in [3.05, 3.63) is 55.9 Å². The van der Waals surface area contributed by atoms with Crippen LogP contribution in [0.3, 0.4) is 0 Å². The number of benzene rings is 1. The summed E-state index contributed by atoms with van der Waals surface area (Å²) in [4.78, 5) is 36.8. The first-order valence-corrected chi connectivity index (χ1v) is 11.3. The van der Waals surface area contributed by atoms with Gasteiger partial charge in [-0.1, -0.05) is 24.6 Å². The molecule has 1 aliphatic rings. The number of hydrogen-bond acceptors (Lipinski definition) is 5. The number of nitrogens with zero attached hydrogens (tertiary/aromatic N) is 2. The van der Waals surface area contributed by atoms with E-state index >= 15 is 0 Å². The number of H-pyrrole nitrogens is 1. The number of aromatic nitrogens is 2. The molecule has 4 rings (SSSR count). The Kier molecular flexibility index (Phi) is 5.75. The Hall–Kier alpha value is -2.51. The fourth-order valence-corrected chi connectivity index (χ4v) is 5.14. The second-order valence-electron chi connectivity index (χ2n) is 8.48. The van der Waals surface area contributed by atoms with E-state index in [1.807, 2.05) is 39.0 Å². The molecule has 2 aromatic heterocycles. The number of amides is 1. The molecule has 1 fully saturated rings. The Balaban J connectivity index is 1.60. The number of aromatic amines is 1. The number of carbonyl (C=O) groups excluding carboxylic acids is 1. The van der Waals surface area contributed by atoms with Crippen LogP contribution in [-0.4, -0.2) is 33.9 Å². The lowest BCUT2D eigenvalue weighted by molar-refractivity contribution is 0.103. The van der Waals surface area contributed by atoms with Crippen molar-refractivity contribution in [2.24, 2.45) is 5.92 Å². The highest BCUT2D eigenvalue weighted by atomic mass is 32.1. The second kappa shape index (κ2) is 8.32. The van der Waals surface area contributed by atoms with Crippen LogP contribution in [-0.2, 0) is 6.54 Å². The van der Waals surface area contributed by atoms with E-state index in [0.717, 1.165) is 35.8 Å². The molecule has 0 bridgehead atoms. The molecule has 1 saturated heterocycles. The van der Waals surface area contributed by atoms with E-state index in [0.29, 0.717) is 33.0 Å². The van der Waals surface area contributed by atoms with Crippen LogP contribution in [0.5, 0.6) is 0 Å². The average Bonchev–Trinajstić information content (AvgIpc) is 3.03. The zero-order chi connectivity index (χ0) is 21.4. The van der Waals surface area contributed by atoms with Gasteiger partial charge in [-0.2, -0.15) is 0 Å². The molecule has 6 nitrogen and oxygen atoms in total. The van der Waals surface area contributed by atoms with Gasteiger partial charge in [0.15, 0.2) is 0 Å². The predicted octanol–water partition coefficient (Wildman–Crippen LogP) is 4.39. The summed E-state index contributed by atoms with van der Waals surface area (Å²) in [6, 6.07) is 5.92. The number of nitrogens with one attached hydrogen (secondary N) is 2. The van der Waals surface area contributed by atoms with Crippen molar-refractivity contribution in [3.8, 4) is 0 Å². The van der Waals surface area contributed by atoms with E-state index in [9.17, 15) is 9.59 Å². The molecule has 2 N–H and O–H groups in total. The molecule has 3 aromatic rings. The molecule has 0 radical (unpaired) electrons. The number of rotatable bonds is 4. The number of carbonyl (C=O) groups is 1. The minimum Gasteiger partial charge on any atom is -0.321 e. The van der Waals surface area contributed by atoms with Crippen molar-refractivity contribution in [1.29, 1.82) is 0 Å². The molecule has 0 aliphatic carbocycles. The third-order valence-electron chi connectivity index (χ3n) is 5.94. The van der Waals surface area contributed by atoms with E-state index in [2.05, 4.69) is 22.1 Å². The number of likely N-dealkylation sites (tertiary alicyclic amines) is 1. The molecule has 7 heteroatoms. The van der Waals surface area contributed by atoms with Crippen molar-refractivity contribution in [1.82, 2.24) is 14.9 Å². The summed E-state index contributed by atoms with van der Waals surface area (Å²) >= 11 is 1.29. The number of aryl methyl sites for hydroxylation is 3. The summed E-state index contributed by atoms with van der Waals surface area (Å²) in [6.45, 7) is 10.8. The highest BCUT2D eigenvalue weighted by Crippen LogP contribution is 2.28. The Morgan fingerprint density at radius 2 is 2.00 bits per heavy atom. The Morgan fingerprint density at radius 1 is 1.27 bits per heavy atom. The van der Waals surface area contributed by atoms with Gasteiger partial charge in [0.25, 0.3) is 11.5 Å². The molecule has 30 heavy (non-hydrogen) atoms. The smallest absolute Gasteiger partial charge is 0.266 e. The van der Waals surface area contributed by atoms with Crippen LogP contribution < -0.4 is 10.9 Å². The van der Waals surface area contributed by atoms with Crippen molar-refractivity contribution in [2.45, 2.75) is 47.1 Å². The minimum absolute atomic E-state index is 0.167. The Bertz CT molecular complexity index is 1160. The number of thiophene rings is 1. The van der Waals surface area contributed by atoms with Crippen LogP contribution in [0.4, 0.5) is 5.69 Å². The average molecular weight is 425 g/mol. The van der Waals surface area contributed by atoms with Crippen molar-refractivity contribution in [2.75, 3.05) is 18.4 Å². The first kappa shape index (κ1) is 20.8. The van der Waals surface area contributed by atoms with Gasteiger partial charge in [0.05, 0.1) is 16.8 Å². The highest BCUT2D eigenvalue weighted by Gasteiger charge is 2.21. The quantitative estimate of drug-likeness (QED) is 0.651. The van der Waals surface area contributed by atoms with Gasteiger partial charge in [0.2, 0.25) is 0 Å². The van der Waals surface area contributed by atoms with Crippen LogP contribution in [0.2, 0.25) is 0 Å². The van der Waals surface area contributed by atoms with E-state index in [1.54, 1.807) is 0 Å². The first-order chi connectivity index (χ1) is 14.3. The molecule has 158 valence electrons. The lowest BCUT2D eigenvalue weighted by atomic mass is 9.99. The van der Waals surface area contributed by atoms with Crippen molar-refractivity contribution >= 4 is 33.1 Å². The molecule has 0 unspecified atom stereocenters. The Morgan fingerprint density at radius 3 is 2.70 bits per heavy atom. The van der Waals surface area contributed by atoms with Gasteiger partial charge >= 0.3 is 0 Å². The largest absolute Gasteiger partial charge is 0.321 e. The Labute approximate surface area is 180 Å². The van der Waals surface area contributed by atoms with Gasteiger partial charge in [-0.3, -0.25) is 14.5 Å². The maximum atomic E-state index is 12.9. The topological polar surface area (TPSA) is 78.1 Å². The molecule has 3 heterocycles.